The van der Waals surface area contributed by atoms with Crippen LogP contribution in [0.5, 0.6) is 0 Å². The van der Waals surface area contributed by atoms with Crippen molar-refractivity contribution in [3.8, 4) is 11.8 Å². The fourth-order valence-corrected chi connectivity index (χ4v) is 2.14. The van der Waals surface area contributed by atoms with Crippen LogP contribution in [0.3, 0.4) is 0 Å². The number of carboxylic acid groups (broad SMARTS) is 1. The van der Waals surface area contributed by atoms with Gasteiger partial charge in [0.25, 0.3) is 0 Å². The number of aromatic carboxylic acids is 1. The van der Waals surface area contributed by atoms with E-state index < -0.39 is 5.97 Å². The zero-order chi connectivity index (χ0) is 14.0. The minimum absolute atomic E-state index is 0.00981. The third-order valence-corrected chi connectivity index (χ3v) is 3.03. The molecule has 0 amide bonds. The molecule has 0 aliphatic carbocycles. The molecule has 2 aromatic rings. The van der Waals surface area contributed by atoms with E-state index in [1.54, 1.807) is 10.8 Å². The summed E-state index contributed by atoms with van der Waals surface area (Å²) in [5.74, 6) is -0.828. The van der Waals surface area contributed by atoms with Crippen molar-refractivity contribution in [1.82, 2.24) is 4.57 Å². The van der Waals surface area contributed by atoms with Crippen molar-refractivity contribution in [3.05, 3.63) is 53.3 Å². The smallest absolute Gasteiger partial charge is 0.354 e. The van der Waals surface area contributed by atoms with Crippen LogP contribution in [0, 0.1) is 11.3 Å². The number of para-hydroxylation sites is 1. The molecule has 1 aromatic carbocycles. The molecule has 0 unspecified atom stereocenters. The molecule has 19 heavy (non-hydrogen) atoms. The van der Waals surface area contributed by atoms with Gasteiger partial charge in [0.1, 0.15) is 11.8 Å². The van der Waals surface area contributed by atoms with E-state index in [1.807, 2.05) is 44.2 Å². The lowest BCUT2D eigenvalue weighted by atomic mass is 10.0. The molecule has 4 heteroatoms. The van der Waals surface area contributed by atoms with Gasteiger partial charge in [0, 0.05) is 11.9 Å². The normalized spacial score (nSPS) is 10.4. The van der Waals surface area contributed by atoms with Gasteiger partial charge in [-0.3, -0.25) is 0 Å². The summed E-state index contributed by atoms with van der Waals surface area (Å²) >= 11 is 0. The number of nitriles is 1. The molecule has 0 spiro atoms. The quantitative estimate of drug-likeness (QED) is 0.914. The number of aromatic nitrogens is 1. The minimum Gasteiger partial charge on any atom is -0.477 e. The molecular formula is C15H14N2O2. The topological polar surface area (TPSA) is 66.0 Å². The molecule has 0 aliphatic rings. The summed E-state index contributed by atoms with van der Waals surface area (Å²) < 4.78 is 1.57. The van der Waals surface area contributed by atoms with Crippen molar-refractivity contribution in [2.24, 2.45) is 0 Å². The summed E-state index contributed by atoms with van der Waals surface area (Å²) in [6.07, 6.45) is 1.63. The van der Waals surface area contributed by atoms with Gasteiger partial charge < -0.3 is 9.67 Å². The molecule has 1 heterocycles. The zero-order valence-electron chi connectivity index (χ0n) is 10.8. The molecular weight excluding hydrogens is 240 g/mol. The number of benzene rings is 1. The van der Waals surface area contributed by atoms with E-state index in [0.29, 0.717) is 0 Å². The molecule has 0 fully saturated rings. The van der Waals surface area contributed by atoms with Crippen molar-refractivity contribution in [3.63, 3.8) is 0 Å². The standard InChI is InChI=1S/C15H14N2O2/c1-10(2)12-5-3-4-6-13(12)17-8-7-11(9-16)14(17)15(18)19/h3-8,10H,1-2H3,(H,18,19). The first-order valence-corrected chi connectivity index (χ1v) is 6.00. The van der Waals surface area contributed by atoms with Crippen molar-refractivity contribution in [1.29, 1.82) is 5.26 Å². The molecule has 4 nitrogen and oxygen atoms in total. The molecule has 1 aromatic heterocycles. The van der Waals surface area contributed by atoms with E-state index >= 15 is 0 Å². The second-order valence-electron chi connectivity index (χ2n) is 4.58. The first kappa shape index (κ1) is 12.9. The van der Waals surface area contributed by atoms with E-state index in [0.717, 1.165) is 11.3 Å². The Morgan fingerprint density at radius 3 is 2.58 bits per heavy atom. The van der Waals surface area contributed by atoms with Gasteiger partial charge in [-0.15, -0.1) is 0 Å². The Bertz CT molecular complexity index is 663. The average Bonchev–Trinajstić information content (AvgIpc) is 2.82. The van der Waals surface area contributed by atoms with Crippen molar-refractivity contribution in [2.45, 2.75) is 19.8 Å². The van der Waals surface area contributed by atoms with Crippen LogP contribution >= 0.6 is 0 Å². The molecule has 0 aliphatic heterocycles. The lowest BCUT2D eigenvalue weighted by Crippen LogP contribution is -2.10. The third kappa shape index (κ3) is 2.23. The molecule has 0 saturated heterocycles. The summed E-state index contributed by atoms with van der Waals surface area (Å²) in [7, 11) is 0. The monoisotopic (exact) mass is 254 g/mol. The lowest BCUT2D eigenvalue weighted by Gasteiger charge is -2.15. The number of hydrogen-bond donors (Lipinski definition) is 1. The Balaban J connectivity index is 2.70. The minimum atomic E-state index is -1.10. The van der Waals surface area contributed by atoms with Crippen LogP contribution in [0.2, 0.25) is 0 Å². The largest absolute Gasteiger partial charge is 0.477 e. The fraction of sp³-hybridized carbons (Fsp3) is 0.200. The van der Waals surface area contributed by atoms with Gasteiger partial charge in [0.05, 0.1) is 5.56 Å². The fourth-order valence-electron chi connectivity index (χ4n) is 2.14. The lowest BCUT2D eigenvalue weighted by molar-refractivity contribution is 0.0688. The summed E-state index contributed by atoms with van der Waals surface area (Å²) in [5.41, 5.74) is 2.03. The predicted octanol–water partition coefficient (Wildman–Crippen LogP) is 3.17. The highest BCUT2D eigenvalue weighted by molar-refractivity contribution is 5.89. The third-order valence-electron chi connectivity index (χ3n) is 3.03. The Morgan fingerprint density at radius 2 is 2.00 bits per heavy atom. The van der Waals surface area contributed by atoms with Crippen LogP contribution in [0.4, 0.5) is 0 Å². The highest BCUT2D eigenvalue weighted by atomic mass is 16.4. The Morgan fingerprint density at radius 1 is 1.32 bits per heavy atom. The van der Waals surface area contributed by atoms with Crippen LogP contribution in [-0.2, 0) is 0 Å². The first-order chi connectivity index (χ1) is 9.06. The Labute approximate surface area is 111 Å². The number of hydrogen-bond acceptors (Lipinski definition) is 2. The zero-order valence-corrected chi connectivity index (χ0v) is 10.8. The maximum atomic E-state index is 11.3. The summed E-state index contributed by atoms with van der Waals surface area (Å²) in [6, 6.07) is 11.1. The van der Waals surface area contributed by atoms with Gasteiger partial charge in [-0.05, 0) is 23.6 Å². The van der Waals surface area contributed by atoms with Crippen molar-refractivity contribution >= 4 is 5.97 Å². The molecule has 0 saturated carbocycles. The van der Waals surface area contributed by atoms with Gasteiger partial charge in [-0.25, -0.2) is 4.79 Å². The van der Waals surface area contributed by atoms with Crippen molar-refractivity contribution in [2.75, 3.05) is 0 Å². The van der Waals surface area contributed by atoms with Gasteiger partial charge in [-0.2, -0.15) is 5.26 Å². The van der Waals surface area contributed by atoms with Gasteiger partial charge in [0.15, 0.2) is 0 Å². The van der Waals surface area contributed by atoms with E-state index in [4.69, 9.17) is 5.26 Å². The van der Waals surface area contributed by atoms with Crippen LogP contribution < -0.4 is 0 Å². The second-order valence-corrected chi connectivity index (χ2v) is 4.58. The summed E-state index contributed by atoms with van der Waals surface area (Å²) in [6.45, 7) is 4.10. The van der Waals surface area contributed by atoms with Crippen molar-refractivity contribution < 1.29 is 9.90 Å². The molecule has 0 atom stereocenters. The molecule has 0 radical (unpaired) electrons. The van der Waals surface area contributed by atoms with Crippen LogP contribution in [0.25, 0.3) is 5.69 Å². The van der Waals surface area contributed by atoms with Crippen LogP contribution in [0.15, 0.2) is 36.5 Å². The molecule has 0 bridgehead atoms. The van der Waals surface area contributed by atoms with Gasteiger partial charge >= 0.3 is 5.97 Å². The number of carboxylic acids is 1. The van der Waals surface area contributed by atoms with E-state index in [9.17, 15) is 9.90 Å². The average molecular weight is 254 g/mol. The van der Waals surface area contributed by atoms with E-state index in [-0.39, 0.29) is 17.2 Å². The van der Waals surface area contributed by atoms with Crippen LogP contribution in [0.1, 0.15) is 41.4 Å². The van der Waals surface area contributed by atoms with Crippen LogP contribution in [-0.4, -0.2) is 15.6 Å². The van der Waals surface area contributed by atoms with Gasteiger partial charge in [0.2, 0.25) is 0 Å². The summed E-state index contributed by atoms with van der Waals surface area (Å²) in [5, 5.41) is 18.3. The Kier molecular flexibility index (Phi) is 3.39. The van der Waals surface area contributed by atoms with E-state index in [2.05, 4.69) is 0 Å². The second kappa shape index (κ2) is 4.99. The summed E-state index contributed by atoms with van der Waals surface area (Å²) in [4.78, 5) is 11.3. The Hall–Kier alpha value is -2.54. The highest BCUT2D eigenvalue weighted by Gasteiger charge is 2.19. The van der Waals surface area contributed by atoms with Gasteiger partial charge in [-0.1, -0.05) is 32.0 Å². The number of nitrogens with zero attached hydrogens (tertiary/aromatic N) is 2. The SMILES string of the molecule is CC(C)c1ccccc1-n1ccc(C#N)c1C(=O)O. The van der Waals surface area contributed by atoms with E-state index in [1.165, 1.54) is 6.07 Å². The molecule has 1 N–H and O–H groups in total. The number of carbonyl (C=O) groups is 1. The maximum absolute atomic E-state index is 11.3. The molecule has 96 valence electrons. The number of rotatable bonds is 3. The molecule has 2 rings (SSSR count). The predicted molar refractivity (Wildman–Crippen MR) is 71.5 cm³/mol. The highest BCUT2D eigenvalue weighted by Crippen LogP contribution is 2.25. The first-order valence-electron chi connectivity index (χ1n) is 6.00. The maximum Gasteiger partial charge on any atom is 0.354 e.